The van der Waals surface area contributed by atoms with E-state index >= 15 is 0 Å². The van der Waals surface area contributed by atoms with Gasteiger partial charge in [0.15, 0.2) is 0 Å². The van der Waals surface area contributed by atoms with Crippen LogP contribution in [0, 0.1) is 5.92 Å². The van der Waals surface area contributed by atoms with Gasteiger partial charge in [0.2, 0.25) is 0 Å². The first-order valence-corrected chi connectivity index (χ1v) is 5.09. The van der Waals surface area contributed by atoms with Gasteiger partial charge >= 0.3 is 5.97 Å². The number of carbonyl (C=O) groups is 2. The second-order valence-electron chi connectivity index (χ2n) is 3.89. The van der Waals surface area contributed by atoms with E-state index in [4.69, 9.17) is 5.11 Å². The SMILES string of the molecule is O=C(O)CC1CN(C(=O)c2ccccn2)C1. The van der Waals surface area contributed by atoms with Crippen molar-refractivity contribution in [1.82, 2.24) is 9.88 Å². The zero-order valence-electron chi connectivity index (χ0n) is 8.67. The highest BCUT2D eigenvalue weighted by molar-refractivity contribution is 5.92. The molecular formula is C11H12N2O3. The number of amides is 1. The molecule has 5 nitrogen and oxygen atoms in total. The molecule has 0 unspecified atom stereocenters. The number of hydrogen-bond acceptors (Lipinski definition) is 3. The van der Waals surface area contributed by atoms with Crippen molar-refractivity contribution in [2.75, 3.05) is 13.1 Å². The van der Waals surface area contributed by atoms with Gasteiger partial charge in [-0.15, -0.1) is 0 Å². The molecule has 84 valence electrons. The Kier molecular flexibility index (Phi) is 2.85. The Bertz CT molecular complexity index is 399. The number of carboxylic acid groups (broad SMARTS) is 1. The summed E-state index contributed by atoms with van der Waals surface area (Å²) in [5, 5.41) is 8.57. The van der Waals surface area contributed by atoms with Crippen LogP contribution in [0.3, 0.4) is 0 Å². The maximum absolute atomic E-state index is 11.8. The summed E-state index contributed by atoms with van der Waals surface area (Å²) in [5.41, 5.74) is 0.413. The quantitative estimate of drug-likeness (QED) is 0.811. The number of carbonyl (C=O) groups excluding carboxylic acids is 1. The molecule has 1 saturated heterocycles. The number of pyridine rings is 1. The van der Waals surface area contributed by atoms with Crippen LogP contribution < -0.4 is 0 Å². The van der Waals surface area contributed by atoms with E-state index in [2.05, 4.69) is 4.98 Å². The van der Waals surface area contributed by atoms with Crippen LogP contribution in [0.5, 0.6) is 0 Å². The highest BCUT2D eigenvalue weighted by atomic mass is 16.4. The van der Waals surface area contributed by atoms with Gasteiger partial charge in [-0.3, -0.25) is 14.6 Å². The molecule has 1 aliphatic rings. The van der Waals surface area contributed by atoms with Gasteiger partial charge in [0.05, 0.1) is 6.42 Å². The van der Waals surface area contributed by atoms with Crippen molar-refractivity contribution in [3.8, 4) is 0 Å². The Balaban J connectivity index is 1.88. The van der Waals surface area contributed by atoms with E-state index in [9.17, 15) is 9.59 Å². The molecule has 0 bridgehead atoms. The van der Waals surface area contributed by atoms with Crippen LogP contribution in [0.15, 0.2) is 24.4 Å². The minimum absolute atomic E-state index is 0.0881. The van der Waals surface area contributed by atoms with Crippen molar-refractivity contribution in [3.05, 3.63) is 30.1 Å². The Hall–Kier alpha value is -1.91. The summed E-state index contributed by atoms with van der Waals surface area (Å²) in [5.74, 6) is -0.845. The first kappa shape index (κ1) is 10.6. The third-order valence-electron chi connectivity index (χ3n) is 2.59. The first-order valence-electron chi connectivity index (χ1n) is 5.09. The third-order valence-corrected chi connectivity index (χ3v) is 2.59. The number of nitrogens with zero attached hydrogens (tertiary/aromatic N) is 2. The predicted octanol–water partition coefficient (Wildman–Crippen LogP) is 0.628. The molecule has 0 aromatic carbocycles. The molecule has 5 heteroatoms. The third kappa shape index (κ3) is 2.18. The summed E-state index contributed by atoms with van der Waals surface area (Å²) in [6.45, 7) is 1.03. The normalized spacial score (nSPS) is 15.6. The molecule has 2 rings (SSSR count). The minimum atomic E-state index is -0.810. The molecule has 2 heterocycles. The van der Waals surface area contributed by atoms with Gasteiger partial charge in [-0.1, -0.05) is 6.07 Å². The highest BCUT2D eigenvalue weighted by Crippen LogP contribution is 2.20. The fourth-order valence-electron chi connectivity index (χ4n) is 1.76. The first-order chi connectivity index (χ1) is 7.66. The molecule has 0 atom stereocenters. The Labute approximate surface area is 92.7 Å². The van der Waals surface area contributed by atoms with Crippen molar-refractivity contribution in [1.29, 1.82) is 0 Å². The van der Waals surface area contributed by atoms with Crippen LogP contribution >= 0.6 is 0 Å². The molecule has 0 spiro atoms. The Morgan fingerprint density at radius 2 is 2.19 bits per heavy atom. The topological polar surface area (TPSA) is 70.5 Å². The largest absolute Gasteiger partial charge is 0.481 e. The van der Waals surface area contributed by atoms with Crippen LogP contribution in [0.25, 0.3) is 0 Å². The average Bonchev–Trinajstić information content (AvgIpc) is 2.23. The van der Waals surface area contributed by atoms with Gasteiger partial charge in [-0.05, 0) is 12.1 Å². The highest BCUT2D eigenvalue weighted by Gasteiger charge is 2.32. The second-order valence-corrected chi connectivity index (χ2v) is 3.89. The molecule has 16 heavy (non-hydrogen) atoms. The van der Waals surface area contributed by atoms with Crippen LogP contribution in [0.4, 0.5) is 0 Å². The number of rotatable bonds is 3. The fourth-order valence-corrected chi connectivity index (χ4v) is 1.76. The summed E-state index contributed by atoms with van der Waals surface area (Å²) < 4.78 is 0. The van der Waals surface area contributed by atoms with Crippen molar-refractivity contribution >= 4 is 11.9 Å². The van der Waals surface area contributed by atoms with Gasteiger partial charge in [0.25, 0.3) is 5.91 Å². The summed E-state index contributed by atoms with van der Waals surface area (Å²) in [6, 6.07) is 5.17. The molecule has 0 saturated carbocycles. The smallest absolute Gasteiger partial charge is 0.303 e. The Morgan fingerprint density at radius 3 is 2.75 bits per heavy atom. The molecule has 0 radical (unpaired) electrons. The van der Waals surface area contributed by atoms with Crippen molar-refractivity contribution in [2.45, 2.75) is 6.42 Å². The summed E-state index contributed by atoms with van der Waals surface area (Å²) in [6.07, 6.45) is 1.70. The minimum Gasteiger partial charge on any atom is -0.481 e. The summed E-state index contributed by atoms with van der Waals surface area (Å²) >= 11 is 0. The average molecular weight is 220 g/mol. The lowest BCUT2D eigenvalue weighted by Crippen LogP contribution is -2.50. The zero-order chi connectivity index (χ0) is 11.5. The van der Waals surface area contributed by atoms with Gasteiger partial charge < -0.3 is 10.0 Å². The molecule has 1 fully saturated rings. The van der Waals surface area contributed by atoms with E-state index in [1.807, 2.05) is 0 Å². The maximum Gasteiger partial charge on any atom is 0.303 e. The van der Waals surface area contributed by atoms with E-state index in [0.717, 1.165) is 0 Å². The van der Waals surface area contributed by atoms with Crippen molar-refractivity contribution in [3.63, 3.8) is 0 Å². The molecule has 0 aliphatic carbocycles. The van der Waals surface area contributed by atoms with E-state index in [1.165, 1.54) is 0 Å². The maximum atomic E-state index is 11.8. The number of hydrogen-bond donors (Lipinski definition) is 1. The summed E-state index contributed by atoms with van der Waals surface area (Å²) in [7, 11) is 0. The molecule has 1 aromatic rings. The van der Waals surface area contributed by atoms with Gasteiger partial charge in [0, 0.05) is 25.2 Å². The van der Waals surface area contributed by atoms with E-state index in [1.54, 1.807) is 29.3 Å². The standard InChI is InChI=1S/C11H12N2O3/c14-10(15)5-8-6-13(7-8)11(16)9-3-1-2-4-12-9/h1-4,8H,5-7H2,(H,14,15). The van der Waals surface area contributed by atoms with Crippen LogP contribution in [0.2, 0.25) is 0 Å². The molecule has 1 amide bonds. The Morgan fingerprint density at radius 1 is 1.44 bits per heavy atom. The van der Waals surface area contributed by atoms with Crippen LogP contribution in [-0.4, -0.2) is 40.0 Å². The number of likely N-dealkylation sites (tertiary alicyclic amines) is 1. The van der Waals surface area contributed by atoms with Gasteiger partial charge in [0.1, 0.15) is 5.69 Å². The van der Waals surface area contributed by atoms with Gasteiger partial charge in [-0.25, -0.2) is 0 Å². The number of carboxylic acids is 1. The zero-order valence-corrected chi connectivity index (χ0v) is 8.67. The monoisotopic (exact) mass is 220 g/mol. The lowest BCUT2D eigenvalue weighted by atomic mass is 9.96. The summed E-state index contributed by atoms with van der Waals surface area (Å²) in [4.78, 5) is 27.8. The fraction of sp³-hybridized carbons (Fsp3) is 0.364. The van der Waals surface area contributed by atoms with Crippen LogP contribution in [-0.2, 0) is 4.79 Å². The lowest BCUT2D eigenvalue weighted by molar-refractivity contribution is -0.139. The molecular weight excluding hydrogens is 208 g/mol. The van der Waals surface area contributed by atoms with E-state index < -0.39 is 5.97 Å². The molecule has 1 aliphatic heterocycles. The number of aliphatic carboxylic acids is 1. The van der Waals surface area contributed by atoms with Gasteiger partial charge in [-0.2, -0.15) is 0 Å². The van der Waals surface area contributed by atoms with Crippen molar-refractivity contribution in [2.24, 2.45) is 5.92 Å². The molecule has 1 aromatic heterocycles. The van der Waals surface area contributed by atoms with Crippen molar-refractivity contribution < 1.29 is 14.7 Å². The van der Waals surface area contributed by atoms with Crippen LogP contribution in [0.1, 0.15) is 16.9 Å². The molecule has 1 N–H and O–H groups in total. The number of aromatic nitrogens is 1. The van der Waals surface area contributed by atoms with E-state index in [-0.39, 0.29) is 18.2 Å². The second kappa shape index (κ2) is 4.30. The predicted molar refractivity (Wildman–Crippen MR) is 55.9 cm³/mol. The van der Waals surface area contributed by atoms with E-state index in [0.29, 0.717) is 18.8 Å². The lowest BCUT2D eigenvalue weighted by Gasteiger charge is -2.38.